The molecule has 0 amide bonds. The first-order chi connectivity index (χ1) is 9.05. The van der Waals surface area contributed by atoms with Gasteiger partial charge in [0.15, 0.2) is 9.84 Å². The van der Waals surface area contributed by atoms with Crippen LogP contribution in [0.5, 0.6) is 5.75 Å². The van der Waals surface area contributed by atoms with E-state index >= 15 is 0 Å². The number of benzene rings is 2. The molecule has 0 N–H and O–H groups in total. The number of ether oxygens (including phenoxy) is 1. The van der Waals surface area contributed by atoms with Gasteiger partial charge in [-0.1, -0.05) is 24.3 Å². The van der Waals surface area contributed by atoms with Crippen LogP contribution in [0.1, 0.15) is 12.8 Å². The molecule has 1 fully saturated rings. The average molecular weight is 276 g/mol. The van der Waals surface area contributed by atoms with Gasteiger partial charge in [0.1, 0.15) is 5.75 Å². The number of fused-ring (bicyclic) bond motifs is 1. The van der Waals surface area contributed by atoms with Crippen LogP contribution in [0.2, 0.25) is 0 Å². The topological polar surface area (TPSA) is 43.4 Å². The number of sulfone groups is 1. The lowest BCUT2D eigenvalue weighted by atomic mass is 10.1. The monoisotopic (exact) mass is 276 g/mol. The van der Waals surface area contributed by atoms with Gasteiger partial charge in [0.25, 0.3) is 0 Å². The summed E-state index contributed by atoms with van der Waals surface area (Å²) >= 11 is 0. The molecule has 2 aromatic rings. The molecule has 0 unspecified atom stereocenters. The van der Waals surface area contributed by atoms with Crippen LogP contribution in [0.4, 0.5) is 0 Å². The Balaban J connectivity index is 2.10. The second kappa shape index (κ2) is 4.53. The van der Waals surface area contributed by atoms with Gasteiger partial charge in [0.2, 0.25) is 0 Å². The summed E-state index contributed by atoms with van der Waals surface area (Å²) in [6.45, 7) is 0.724. The predicted octanol–water partition coefficient (Wildman–Crippen LogP) is 3.03. The summed E-state index contributed by atoms with van der Waals surface area (Å²) in [7, 11) is -3.22. The van der Waals surface area contributed by atoms with Crippen molar-refractivity contribution in [3.05, 3.63) is 36.4 Å². The lowest BCUT2D eigenvalue weighted by Crippen LogP contribution is -2.02. The summed E-state index contributed by atoms with van der Waals surface area (Å²) in [5, 5.41) is 1.60. The van der Waals surface area contributed by atoms with E-state index < -0.39 is 9.84 Å². The van der Waals surface area contributed by atoms with Crippen LogP contribution >= 0.6 is 0 Å². The van der Waals surface area contributed by atoms with Gasteiger partial charge in [-0.2, -0.15) is 0 Å². The Morgan fingerprint density at radius 1 is 1.11 bits per heavy atom. The first-order valence-corrected chi connectivity index (χ1v) is 8.29. The summed E-state index contributed by atoms with van der Waals surface area (Å²) in [6, 6.07) is 10.9. The van der Waals surface area contributed by atoms with Gasteiger partial charge >= 0.3 is 0 Å². The molecule has 0 heterocycles. The van der Waals surface area contributed by atoms with Crippen molar-refractivity contribution in [1.82, 2.24) is 0 Å². The largest absolute Gasteiger partial charge is 0.493 e. The van der Waals surface area contributed by atoms with Crippen molar-refractivity contribution in [3.63, 3.8) is 0 Å². The zero-order chi connectivity index (χ0) is 13.5. The second-order valence-electron chi connectivity index (χ2n) is 5.13. The van der Waals surface area contributed by atoms with Crippen LogP contribution in [-0.2, 0) is 9.84 Å². The van der Waals surface area contributed by atoms with Gasteiger partial charge in [-0.05, 0) is 30.9 Å². The highest BCUT2D eigenvalue weighted by Crippen LogP contribution is 2.34. The fourth-order valence-electron chi connectivity index (χ4n) is 2.19. The van der Waals surface area contributed by atoms with E-state index in [1.165, 1.54) is 19.1 Å². The smallest absolute Gasteiger partial charge is 0.176 e. The molecule has 3 nitrogen and oxygen atoms in total. The van der Waals surface area contributed by atoms with E-state index in [0.717, 1.165) is 23.1 Å². The van der Waals surface area contributed by atoms with Gasteiger partial charge in [-0.3, -0.25) is 0 Å². The molecule has 100 valence electrons. The SMILES string of the molecule is CS(=O)(=O)c1ccc(OCC2CC2)c2ccccc12. The van der Waals surface area contributed by atoms with Crippen molar-refractivity contribution in [3.8, 4) is 5.75 Å². The molecule has 19 heavy (non-hydrogen) atoms. The highest BCUT2D eigenvalue weighted by Gasteiger charge is 2.22. The Morgan fingerprint density at radius 3 is 2.42 bits per heavy atom. The first-order valence-electron chi connectivity index (χ1n) is 6.40. The van der Waals surface area contributed by atoms with Gasteiger partial charge in [-0.25, -0.2) is 8.42 Å². The molecule has 3 rings (SSSR count). The maximum Gasteiger partial charge on any atom is 0.176 e. The van der Waals surface area contributed by atoms with E-state index in [2.05, 4.69) is 0 Å². The Morgan fingerprint density at radius 2 is 1.79 bits per heavy atom. The first kappa shape index (κ1) is 12.5. The molecular weight excluding hydrogens is 260 g/mol. The average Bonchev–Trinajstić information content (AvgIpc) is 3.18. The fraction of sp³-hybridized carbons (Fsp3) is 0.333. The van der Waals surface area contributed by atoms with Crippen LogP contribution < -0.4 is 4.74 Å². The number of hydrogen-bond donors (Lipinski definition) is 0. The standard InChI is InChI=1S/C15H16O3S/c1-19(16,17)15-9-8-14(18-10-11-6-7-11)12-4-2-3-5-13(12)15/h2-5,8-9,11H,6-7,10H2,1H3. The van der Waals surface area contributed by atoms with Crippen molar-refractivity contribution in [2.45, 2.75) is 17.7 Å². The second-order valence-corrected chi connectivity index (χ2v) is 7.12. The zero-order valence-corrected chi connectivity index (χ0v) is 11.6. The van der Waals surface area contributed by atoms with Gasteiger partial charge < -0.3 is 4.74 Å². The zero-order valence-electron chi connectivity index (χ0n) is 10.8. The molecule has 2 aromatic carbocycles. The predicted molar refractivity (Wildman–Crippen MR) is 75.3 cm³/mol. The Hall–Kier alpha value is -1.55. The summed E-state index contributed by atoms with van der Waals surface area (Å²) in [6.07, 6.45) is 3.71. The molecule has 1 saturated carbocycles. The Bertz CT molecular complexity index is 715. The summed E-state index contributed by atoms with van der Waals surface area (Å²) < 4.78 is 29.4. The quantitative estimate of drug-likeness (QED) is 0.862. The van der Waals surface area contributed by atoms with E-state index in [0.29, 0.717) is 10.8 Å². The lowest BCUT2D eigenvalue weighted by Gasteiger charge is -2.11. The van der Waals surface area contributed by atoms with E-state index in [9.17, 15) is 8.42 Å². The number of rotatable bonds is 4. The molecule has 0 spiro atoms. The third-order valence-electron chi connectivity index (χ3n) is 3.41. The van der Waals surface area contributed by atoms with Gasteiger partial charge in [-0.15, -0.1) is 0 Å². The third kappa shape index (κ3) is 2.59. The maximum atomic E-state index is 11.8. The minimum atomic E-state index is -3.22. The Labute approximate surface area is 113 Å². The lowest BCUT2D eigenvalue weighted by molar-refractivity contribution is 0.303. The van der Waals surface area contributed by atoms with E-state index in [1.807, 2.05) is 24.3 Å². The van der Waals surface area contributed by atoms with E-state index in [1.54, 1.807) is 12.1 Å². The third-order valence-corrected chi connectivity index (χ3v) is 4.57. The van der Waals surface area contributed by atoms with E-state index in [-0.39, 0.29) is 0 Å². The summed E-state index contributed by atoms with van der Waals surface area (Å²) in [4.78, 5) is 0.363. The van der Waals surface area contributed by atoms with Crippen molar-refractivity contribution in [2.24, 2.45) is 5.92 Å². The molecular formula is C15H16O3S. The van der Waals surface area contributed by atoms with E-state index in [4.69, 9.17) is 4.74 Å². The molecule has 0 radical (unpaired) electrons. The van der Waals surface area contributed by atoms with Crippen molar-refractivity contribution >= 4 is 20.6 Å². The molecule has 0 saturated heterocycles. The van der Waals surface area contributed by atoms with Crippen LogP contribution in [0, 0.1) is 5.92 Å². The number of hydrogen-bond acceptors (Lipinski definition) is 3. The molecule has 0 atom stereocenters. The summed E-state index contributed by atoms with van der Waals surface area (Å²) in [5.74, 6) is 1.45. The Kier molecular flexibility index (Phi) is 2.97. The molecule has 1 aliphatic rings. The molecule has 0 bridgehead atoms. The van der Waals surface area contributed by atoms with Gasteiger partial charge in [0.05, 0.1) is 11.5 Å². The molecule has 4 heteroatoms. The van der Waals surface area contributed by atoms with Crippen LogP contribution in [0.25, 0.3) is 10.8 Å². The van der Waals surface area contributed by atoms with Crippen molar-refractivity contribution in [2.75, 3.05) is 12.9 Å². The fourth-order valence-corrected chi connectivity index (χ4v) is 3.08. The molecule has 1 aliphatic carbocycles. The van der Waals surface area contributed by atoms with Crippen molar-refractivity contribution < 1.29 is 13.2 Å². The van der Waals surface area contributed by atoms with Crippen LogP contribution in [0.15, 0.2) is 41.3 Å². The minimum absolute atomic E-state index is 0.363. The van der Waals surface area contributed by atoms with Crippen LogP contribution in [-0.4, -0.2) is 21.3 Å². The normalized spacial score (nSPS) is 15.6. The maximum absolute atomic E-state index is 11.8. The molecule has 0 aromatic heterocycles. The van der Waals surface area contributed by atoms with Gasteiger partial charge in [0, 0.05) is 17.0 Å². The highest BCUT2D eigenvalue weighted by atomic mass is 32.2. The summed E-state index contributed by atoms with van der Waals surface area (Å²) in [5.41, 5.74) is 0. The van der Waals surface area contributed by atoms with Crippen molar-refractivity contribution in [1.29, 1.82) is 0 Å². The highest BCUT2D eigenvalue weighted by molar-refractivity contribution is 7.91. The minimum Gasteiger partial charge on any atom is -0.493 e. The molecule has 0 aliphatic heterocycles. The van der Waals surface area contributed by atoms with Crippen LogP contribution in [0.3, 0.4) is 0 Å².